The van der Waals surface area contributed by atoms with Crippen molar-refractivity contribution in [3.63, 3.8) is 0 Å². The molecular weight excluding hydrogens is 380 g/mol. The molecule has 1 aromatic heterocycles. The molecule has 0 radical (unpaired) electrons. The zero-order chi connectivity index (χ0) is 21.7. The summed E-state index contributed by atoms with van der Waals surface area (Å²) in [5.41, 5.74) is 1.36. The van der Waals surface area contributed by atoms with Crippen molar-refractivity contribution < 1.29 is 19.0 Å². The average Bonchev–Trinajstić information content (AvgIpc) is 2.70. The summed E-state index contributed by atoms with van der Waals surface area (Å²) >= 11 is 0. The second-order valence-electron chi connectivity index (χ2n) is 9.78. The predicted octanol–water partition coefficient (Wildman–Crippen LogP) is 4.95. The van der Waals surface area contributed by atoms with Gasteiger partial charge in [-0.3, -0.25) is 0 Å². The van der Waals surface area contributed by atoms with Crippen LogP contribution in [0.5, 0.6) is 11.5 Å². The van der Waals surface area contributed by atoms with E-state index in [1.807, 2.05) is 6.07 Å². The Morgan fingerprint density at radius 1 is 1.20 bits per heavy atom. The fourth-order valence-corrected chi connectivity index (χ4v) is 5.88. The summed E-state index contributed by atoms with van der Waals surface area (Å²) in [6, 6.07) is 6.70. The molecule has 0 amide bonds. The molecule has 5 nitrogen and oxygen atoms in total. The van der Waals surface area contributed by atoms with E-state index in [0.717, 1.165) is 24.6 Å². The lowest BCUT2D eigenvalue weighted by Crippen LogP contribution is -2.55. The summed E-state index contributed by atoms with van der Waals surface area (Å²) < 4.78 is 17.2. The van der Waals surface area contributed by atoms with E-state index in [4.69, 9.17) is 13.9 Å². The predicted molar refractivity (Wildman–Crippen MR) is 117 cm³/mol. The third-order valence-corrected chi connectivity index (χ3v) is 7.84. The number of allylic oxidation sites excluding steroid dienone is 1. The van der Waals surface area contributed by atoms with Crippen LogP contribution in [0.3, 0.4) is 0 Å². The number of hydrogen-bond acceptors (Lipinski definition) is 5. The molecule has 2 aliphatic carbocycles. The quantitative estimate of drug-likeness (QED) is 0.568. The lowest BCUT2D eigenvalue weighted by atomic mass is 9.48. The maximum absolute atomic E-state index is 11.6. The Labute approximate surface area is 177 Å². The van der Waals surface area contributed by atoms with Gasteiger partial charge in [0, 0.05) is 23.4 Å². The molecule has 4 atom stereocenters. The largest absolute Gasteiger partial charge is 0.493 e. The summed E-state index contributed by atoms with van der Waals surface area (Å²) in [7, 11) is 1.61. The molecule has 5 heteroatoms. The van der Waals surface area contributed by atoms with Crippen LogP contribution in [-0.2, 0) is 0 Å². The highest BCUT2D eigenvalue weighted by Gasteiger charge is 2.55. The second kappa shape index (κ2) is 7.45. The third kappa shape index (κ3) is 3.33. The van der Waals surface area contributed by atoms with Gasteiger partial charge in [-0.15, -0.1) is 0 Å². The number of ether oxygens (including phenoxy) is 2. The molecule has 0 spiro atoms. The Balaban J connectivity index is 1.65. The molecule has 1 aromatic carbocycles. The van der Waals surface area contributed by atoms with E-state index < -0.39 is 0 Å². The maximum Gasteiger partial charge on any atom is 0.336 e. The van der Waals surface area contributed by atoms with Gasteiger partial charge in [0.1, 0.15) is 5.58 Å². The molecule has 0 unspecified atom stereocenters. The number of methoxy groups -OCH3 is 1. The van der Waals surface area contributed by atoms with E-state index in [0.29, 0.717) is 29.6 Å². The SMILES string of the molecule is COc1cc2ccc(=O)oc2cc1OC[C@@H]1C(C)=CC[C@H]2C(C)(C)[C@H](O)CC[C@]12C. The first-order valence-corrected chi connectivity index (χ1v) is 10.8. The van der Waals surface area contributed by atoms with Crippen molar-refractivity contribution in [3.05, 3.63) is 46.3 Å². The van der Waals surface area contributed by atoms with Crippen molar-refractivity contribution in [1.29, 1.82) is 0 Å². The highest BCUT2D eigenvalue weighted by atomic mass is 16.5. The van der Waals surface area contributed by atoms with E-state index in [-0.39, 0.29) is 28.5 Å². The lowest BCUT2D eigenvalue weighted by Gasteiger charge is -2.58. The molecule has 1 N–H and O–H groups in total. The molecule has 162 valence electrons. The lowest BCUT2D eigenvalue weighted by molar-refractivity contribution is -0.119. The van der Waals surface area contributed by atoms with Crippen molar-refractivity contribution in [1.82, 2.24) is 0 Å². The van der Waals surface area contributed by atoms with E-state index in [2.05, 4.69) is 33.8 Å². The van der Waals surface area contributed by atoms with Crippen LogP contribution in [0.4, 0.5) is 0 Å². The number of benzene rings is 1. The van der Waals surface area contributed by atoms with Gasteiger partial charge >= 0.3 is 5.63 Å². The van der Waals surface area contributed by atoms with Gasteiger partial charge in [0.15, 0.2) is 11.5 Å². The molecule has 4 rings (SSSR count). The molecular formula is C25H32O5. The summed E-state index contributed by atoms with van der Waals surface area (Å²) in [4.78, 5) is 11.6. The highest BCUT2D eigenvalue weighted by Crippen LogP contribution is 2.59. The standard InChI is InChI=1S/C25H32O5/c1-15-6-8-21-24(2,3)22(26)10-11-25(21,4)17(15)14-29-20-13-18-16(12-19(20)28-5)7-9-23(27)30-18/h6-7,9,12-13,17,21-22,26H,8,10-11,14H2,1-5H3/t17-,21+,22-,25-/m1/s1. The summed E-state index contributed by atoms with van der Waals surface area (Å²) in [5, 5.41) is 11.4. The van der Waals surface area contributed by atoms with Gasteiger partial charge in [-0.1, -0.05) is 32.4 Å². The molecule has 2 aliphatic rings. The van der Waals surface area contributed by atoms with Crippen LogP contribution >= 0.6 is 0 Å². The van der Waals surface area contributed by atoms with Crippen molar-refractivity contribution in [2.24, 2.45) is 22.7 Å². The first-order chi connectivity index (χ1) is 14.2. The van der Waals surface area contributed by atoms with Crippen LogP contribution in [0.2, 0.25) is 0 Å². The van der Waals surface area contributed by atoms with E-state index in [1.54, 1.807) is 19.2 Å². The molecule has 0 saturated heterocycles. The Bertz CT molecular complexity index is 1030. The van der Waals surface area contributed by atoms with Crippen LogP contribution in [0.15, 0.2) is 45.1 Å². The number of aliphatic hydroxyl groups is 1. The summed E-state index contributed by atoms with van der Waals surface area (Å²) in [6.07, 6.45) is 4.83. The number of aliphatic hydroxyl groups excluding tert-OH is 1. The number of fused-ring (bicyclic) bond motifs is 2. The molecule has 30 heavy (non-hydrogen) atoms. The van der Waals surface area contributed by atoms with Crippen LogP contribution in [0.1, 0.15) is 47.0 Å². The van der Waals surface area contributed by atoms with Gasteiger partial charge in [0.2, 0.25) is 0 Å². The average molecular weight is 413 g/mol. The Kier molecular flexibility index (Phi) is 5.21. The first-order valence-electron chi connectivity index (χ1n) is 10.8. The van der Waals surface area contributed by atoms with Crippen molar-refractivity contribution >= 4 is 11.0 Å². The van der Waals surface area contributed by atoms with Gasteiger partial charge in [0.25, 0.3) is 0 Å². The minimum atomic E-state index is -0.386. The fraction of sp³-hybridized carbons (Fsp3) is 0.560. The van der Waals surface area contributed by atoms with E-state index in [1.165, 1.54) is 11.6 Å². The van der Waals surface area contributed by atoms with E-state index in [9.17, 15) is 9.90 Å². The Hall–Kier alpha value is -2.27. The van der Waals surface area contributed by atoms with Gasteiger partial charge < -0.3 is 19.0 Å². The second-order valence-corrected chi connectivity index (χ2v) is 9.78. The molecule has 1 fully saturated rings. The Morgan fingerprint density at radius 2 is 1.97 bits per heavy atom. The number of rotatable bonds is 4. The van der Waals surface area contributed by atoms with Crippen LogP contribution in [0.25, 0.3) is 11.0 Å². The highest BCUT2D eigenvalue weighted by molar-refractivity contribution is 5.80. The van der Waals surface area contributed by atoms with Gasteiger partial charge in [-0.2, -0.15) is 0 Å². The van der Waals surface area contributed by atoms with Crippen LogP contribution in [-0.4, -0.2) is 24.9 Å². The molecule has 0 aliphatic heterocycles. The Morgan fingerprint density at radius 3 is 2.70 bits per heavy atom. The normalized spacial score (nSPS) is 30.5. The first kappa shape index (κ1) is 21.0. The van der Waals surface area contributed by atoms with Gasteiger partial charge in [-0.05, 0) is 55.1 Å². The fourth-order valence-electron chi connectivity index (χ4n) is 5.88. The zero-order valence-electron chi connectivity index (χ0n) is 18.5. The van der Waals surface area contributed by atoms with Crippen molar-refractivity contribution in [2.45, 2.75) is 53.1 Å². The third-order valence-electron chi connectivity index (χ3n) is 7.84. The molecule has 2 aromatic rings. The van der Waals surface area contributed by atoms with Crippen LogP contribution < -0.4 is 15.1 Å². The monoisotopic (exact) mass is 412 g/mol. The molecule has 1 heterocycles. The number of hydrogen-bond donors (Lipinski definition) is 1. The minimum Gasteiger partial charge on any atom is -0.493 e. The van der Waals surface area contributed by atoms with Crippen molar-refractivity contribution in [3.8, 4) is 11.5 Å². The van der Waals surface area contributed by atoms with E-state index >= 15 is 0 Å². The zero-order valence-corrected chi connectivity index (χ0v) is 18.5. The summed E-state index contributed by atoms with van der Waals surface area (Å²) in [6.45, 7) is 9.44. The minimum absolute atomic E-state index is 0.0538. The molecule has 0 bridgehead atoms. The maximum atomic E-state index is 11.6. The van der Waals surface area contributed by atoms with Gasteiger partial charge in [0.05, 0.1) is 19.8 Å². The summed E-state index contributed by atoms with van der Waals surface area (Å²) in [5.74, 6) is 1.83. The topological polar surface area (TPSA) is 68.9 Å². The smallest absolute Gasteiger partial charge is 0.336 e. The van der Waals surface area contributed by atoms with Gasteiger partial charge in [-0.25, -0.2) is 4.79 Å². The van der Waals surface area contributed by atoms with Crippen molar-refractivity contribution in [2.75, 3.05) is 13.7 Å². The molecule has 1 saturated carbocycles. The van der Waals surface area contributed by atoms with Crippen LogP contribution in [0, 0.1) is 22.7 Å².